The molecule has 0 bridgehead atoms. The molecule has 0 aromatic carbocycles. The van der Waals surface area contributed by atoms with E-state index in [0.29, 0.717) is 0 Å². The Bertz CT molecular complexity index is 559. The molecular formula is C9H11ClN2O5Se. The number of aliphatic hydroxyl groups is 3. The van der Waals surface area contributed by atoms with Gasteiger partial charge in [0.25, 0.3) is 0 Å². The fourth-order valence-corrected chi connectivity index (χ4v) is 4.80. The van der Waals surface area contributed by atoms with Gasteiger partial charge in [-0.25, -0.2) is 0 Å². The average Bonchev–Trinajstić information content (AvgIpc) is 2.61. The van der Waals surface area contributed by atoms with Crippen molar-refractivity contribution >= 4 is 26.6 Å². The van der Waals surface area contributed by atoms with Crippen LogP contribution in [0.4, 0.5) is 0 Å². The number of aromatic amines is 1. The van der Waals surface area contributed by atoms with Gasteiger partial charge in [0.2, 0.25) is 0 Å². The van der Waals surface area contributed by atoms with Crippen LogP contribution in [-0.2, 0) is 0 Å². The van der Waals surface area contributed by atoms with E-state index in [4.69, 9.17) is 16.7 Å². The molecule has 1 unspecified atom stereocenters. The Hall–Kier alpha value is -0.631. The van der Waals surface area contributed by atoms with Gasteiger partial charge in [0, 0.05) is 0 Å². The van der Waals surface area contributed by atoms with Gasteiger partial charge in [0.05, 0.1) is 0 Å². The van der Waals surface area contributed by atoms with Crippen molar-refractivity contribution in [1.29, 1.82) is 0 Å². The SMILES string of the molecule is O=c1[nH]c(=O)n(C2[Se][C@H](CO)[C@@H](O)[C@@H]2O)cc1Cl. The van der Waals surface area contributed by atoms with Crippen LogP contribution in [0.25, 0.3) is 0 Å². The van der Waals surface area contributed by atoms with E-state index in [-0.39, 0.29) is 26.6 Å². The molecule has 4 N–H and O–H groups in total. The molecule has 9 heteroatoms. The zero-order chi connectivity index (χ0) is 13.4. The second-order valence-corrected chi connectivity index (χ2v) is 7.13. The van der Waals surface area contributed by atoms with Gasteiger partial charge < -0.3 is 0 Å². The van der Waals surface area contributed by atoms with Crippen LogP contribution in [0.5, 0.6) is 0 Å². The Morgan fingerprint density at radius 1 is 1.39 bits per heavy atom. The Morgan fingerprint density at radius 2 is 2.06 bits per heavy atom. The van der Waals surface area contributed by atoms with Gasteiger partial charge in [-0.2, -0.15) is 0 Å². The first-order valence-corrected chi connectivity index (χ1v) is 7.44. The van der Waals surface area contributed by atoms with Gasteiger partial charge in [-0.05, 0) is 0 Å². The maximum atomic E-state index is 11.6. The summed E-state index contributed by atoms with van der Waals surface area (Å²) in [5.74, 6) is 0. The monoisotopic (exact) mass is 342 g/mol. The second-order valence-electron chi connectivity index (χ2n) is 3.87. The molecule has 7 nitrogen and oxygen atoms in total. The minimum atomic E-state index is -1.16. The Balaban J connectivity index is 2.42. The quantitative estimate of drug-likeness (QED) is 0.460. The zero-order valence-corrected chi connectivity index (χ0v) is 11.5. The summed E-state index contributed by atoms with van der Waals surface area (Å²) in [6, 6.07) is 0. The molecule has 0 aliphatic carbocycles. The van der Waals surface area contributed by atoms with Gasteiger partial charge in [0.15, 0.2) is 0 Å². The predicted molar refractivity (Wildman–Crippen MR) is 64.0 cm³/mol. The summed E-state index contributed by atoms with van der Waals surface area (Å²) in [5, 5.41) is 28.4. The van der Waals surface area contributed by atoms with Crippen LogP contribution in [0.15, 0.2) is 15.8 Å². The summed E-state index contributed by atoms with van der Waals surface area (Å²) < 4.78 is 1.10. The molecule has 18 heavy (non-hydrogen) atoms. The molecule has 1 aromatic rings. The molecule has 0 spiro atoms. The van der Waals surface area contributed by atoms with E-state index < -0.39 is 33.2 Å². The van der Waals surface area contributed by atoms with Gasteiger partial charge in [-0.3, -0.25) is 0 Å². The topological polar surface area (TPSA) is 116 Å². The van der Waals surface area contributed by atoms with Crippen LogP contribution in [0, 0.1) is 0 Å². The van der Waals surface area contributed by atoms with E-state index in [9.17, 15) is 19.8 Å². The third-order valence-electron chi connectivity index (χ3n) is 2.72. The minimum absolute atomic E-state index is 0.167. The second kappa shape index (κ2) is 5.16. The molecule has 0 radical (unpaired) electrons. The van der Waals surface area contributed by atoms with E-state index in [0.717, 1.165) is 10.8 Å². The molecule has 2 rings (SSSR count). The average molecular weight is 342 g/mol. The number of nitrogens with zero attached hydrogens (tertiary/aromatic N) is 1. The van der Waals surface area contributed by atoms with Crippen molar-refractivity contribution < 1.29 is 15.3 Å². The van der Waals surface area contributed by atoms with Crippen molar-refractivity contribution in [3.63, 3.8) is 0 Å². The third kappa shape index (κ3) is 2.27. The summed E-state index contributed by atoms with van der Waals surface area (Å²) >= 11 is 5.24. The zero-order valence-electron chi connectivity index (χ0n) is 8.99. The van der Waals surface area contributed by atoms with E-state index in [2.05, 4.69) is 0 Å². The number of hydrogen-bond donors (Lipinski definition) is 4. The summed E-state index contributed by atoms with van der Waals surface area (Å²) in [7, 11) is 0. The third-order valence-corrected chi connectivity index (χ3v) is 6.26. The number of rotatable bonds is 2. The van der Waals surface area contributed by atoms with Crippen LogP contribution in [0.1, 0.15) is 4.94 Å². The number of aliphatic hydroxyl groups excluding tert-OH is 3. The first-order valence-electron chi connectivity index (χ1n) is 5.09. The molecule has 1 aliphatic rings. The predicted octanol–water partition coefficient (Wildman–Crippen LogP) is -2.09. The molecule has 1 aliphatic heterocycles. The summed E-state index contributed by atoms with van der Waals surface area (Å²) in [6.45, 7) is -0.263. The number of H-pyrrole nitrogens is 1. The molecule has 0 amide bonds. The number of nitrogens with one attached hydrogen (secondary N) is 1. The van der Waals surface area contributed by atoms with Gasteiger partial charge >= 0.3 is 112 Å². The summed E-state index contributed by atoms with van der Waals surface area (Å²) in [4.78, 5) is 23.7. The standard InChI is InChI=1S/C9H11ClN2O5Se/c10-3-1-12(9(17)11-7(3)16)8-6(15)5(14)4(2-13)18-8/h1,4-6,8,13-15H,2H2,(H,11,16,17)/t4-,5-,6+,8?/m1/s1. The van der Waals surface area contributed by atoms with Crippen molar-refractivity contribution in [2.24, 2.45) is 0 Å². The van der Waals surface area contributed by atoms with E-state index in [1.807, 2.05) is 4.98 Å². The van der Waals surface area contributed by atoms with E-state index >= 15 is 0 Å². The molecule has 2 heterocycles. The number of hydrogen-bond acceptors (Lipinski definition) is 5. The molecule has 4 atom stereocenters. The molecule has 1 saturated heterocycles. The first-order chi connectivity index (χ1) is 8.45. The van der Waals surface area contributed by atoms with E-state index in [1.165, 1.54) is 0 Å². The number of halogens is 1. The molecule has 1 aromatic heterocycles. The van der Waals surface area contributed by atoms with E-state index in [1.54, 1.807) is 0 Å². The first kappa shape index (κ1) is 13.8. The van der Waals surface area contributed by atoms with Gasteiger partial charge in [0.1, 0.15) is 0 Å². The van der Waals surface area contributed by atoms with Crippen molar-refractivity contribution in [3.8, 4) is 0 Å². The van der Waals surface area contributed by atoms with Crippen LogP contribution >= 0.6 is 11.6 Å². The van der Waals surface area contributed by atoms with Gasteiger partial charge in [-0.15, -0.1) is 0 Å². The summed E-state index contributed by atoms with van der Waals surface area (Å²) in [5.41, 5.74) is -1.39. The molecule has 100 valence electrons. The Labute approximate surface area is 112 Å². The van der Waals surface area contributed by atoms with Crippen LogP contribution in [0.2, 0.25) is 9.84 Å². The Morgan fingerprint density at radius 3 is 2.61 bits per heavy atom. The van der Waals surface area contributed by atoms with Crippen LogP contribution < -0.4 is 11.2 Å². The molecule has 1 fully saturated rings. The van der Waals surface area contributed by atoms with Gasteiger partial charge in [-0.1, -0.05) is 0 Å². The fourth-order valence-electron chi connectivity index (χ4n) is 1.76. The fraction of sp³-hybridized carbons (Fsp3) is 0.556. The van der Waals surface area contributed by atoms with Crippen LogP contribution in [-0.4, -0.2) is 58.6 Å². The van der Waals surface area contributed by atoms with Crippen molar-refractivity contribution in [3.05, 3.63) is 32.1 Å². The molecule has 0 saturated carbocycles. The Kier molecular flexibility index (Phi) is 3.96. The van der Waals surface area contributed by atoms with Crippen molar-refractivity contribution in [1.82, 2.24) is 9.55 Å². The normalized spacial score (nSPS) is 31.8. The van der Waals surface area contributed by atoms with Crippen molar-refractivity contribution in [2.45, 2.75) is 22.0 Å². The summed E-state index contributed by atoms with van der Waals surface area (Å²) in [6.07, 6.45) is -1.11. The number of aromatic nitrogens is 2. The van der Waals surface area contributed by atoms with Crippen LogP contribution in [0.3, 0.4) is 0 Å². The van der Waals surface area contributed by atoms with Crippen molar-refractivity contribution in [2.75, 3.05) is 6.61 Å². The maximum absolute atomic E-state index is 11.6. The molecular weight excluding hydrogens is 331 g/mol.